The Morgan fingerprint density at radius 2 is 2.00 bits per heavy atom. The molecule has 2 heterocycles. The van der Waals surface area contributed by atoms with Crippen LogP contribution in [-0.4, -0.2) is 51.5 Å². The normalized spacial score (nSPS) is 13.5. The third kappa shape index (κ3) is 4.68. The van der Waals surface area contributed by atoms with Crippen LogP contribution in [0.25, 0.3) is 22.1 Å². The second-order valence-corrected chi connectivity index (χ2v) is 8.72. The van der Waals surface area contributed by atoms with E-state index in [1.807, 2.05) is 0 Å². The number of hydrogen-bond acceptors (Lipinski definition) is 4. The first-order valence-corrected chi connectivity index (χ1v) is 10.8. The molecular formula is C18H19ClF3N5O2S. The highest BCUT2D eigenvalue weighted by Gasteiger charge is 2.28. The number of H-pyrrole nitrogens is 1. The van der Waals surface area contributed by atoms with Crippen molar-refractivity contribution in [2.24, 2.45) is 0 Å². The van der Waals surface area contributed by atoms with Gasteiger partial charge in [0.2, 0.25) is 10.0 Å². The predicted octanol–water partition coefficient (Wildman–Crippen LogP) is 4.09. The average molecular weight is 462 g/mol. The van der Waals surface area contributed by atoms with Crippen molar-refractivity contribution >= 4 is 43.8 Å². The Bertz CT molecular complexity index is 1180. The van der Waals surface area contributed by atoms with Gasteiger partial charge < -0.3 is 9.55 Å². The summed E-state index contributed by atoms with van der Waals surface area (Å²) in [6, 6.07) is 4.45. The molecule has 0 amide bonds. The molecule has 1 N–H and O–H groups in total. The molecule has 162 valence electrons. The number of aromatic nitrogens is 4. The highest BCUT2D eigenvalue weighted by Crippen LogP contribution is 2.26. The van der Waals surface area contributed by atoms with Crippen molar-refractivity contribution < 1.29 is 21.6 Å². The van der Waals surface area contributed by atoms with Crippen molar-refractivity contribution in [1.29, 1.82) is 0 Å². The summed E-state index contributed by atoms with van der Waals surface area (Å²) in [5, 5.41) is 0.0361. The molecule has 0 atom stereocenters. The summed E-state index contributed by atoms with van der Waals surface area (Å²) in [6.07, 6.45) is -0.697. The summed E-state index contributed by atoms with van der Waals surface area (Å²) < 4.78 is 65.6. The van der Waals surface area contributed by atoms with E-state index in [1.54, 1.807) is 19.9 Å². The van der Waals surface area contributed by atoms with Crippen molar-refractivity contribution in [2.75, 3.05) is 13.1 Å². The Kier molecular flexibility index (Phi) is 6.25. The van der Waals surface area contributed by atoms with Gasteiger partial charge in [0.15, 0.2) is 0 Å². The Morgan fingerprint density at radius 1 is 1.30 bits per heavy atom. The Morgan fingerprint density at radius 3 is 2.63 bits per heavy atom. The van der Waals surface area contributed by atoms with Crippen molar-refractivity contribution in [3.63, 3.8) is 0 Å². The van der Waals surface area contributed by atoms with Gasteiger partial charge in [0, 0.05) is 31.6 Å². The molecule has 0 radical (unpaired) electrons. The van der Waals surface area contributed by atoms with Crippen LogP contribution in [0, 0.1) is 0 Å². The molecule has 12 heteroatoms. The van der Waals surface area contributed by atoms with Crippen LogP contribution in [0.2, 0.25) is 0 Å². The summed E-state index contributed by atoms with van der Waals surface area (Å²) in [4.78, 5) is 11.2. The third-order valence-electron chi connectivity index (χ3n) is 4.38. The van der Waals surface area contributed by atoms with Gasteiger partial charge in [-0.3, -0.25) is 0 Å². The quantitative estimate of drug-likeness (QED) is 0.574. The molecule has 30 heavy (non-hydrogen) atoms. The summed E-state index contributed by atoms with van der Waals surface area (Å²) in [5.41, 5.74) is 0.900. The first-order valence-electron chi connectivity index (χ1n) is 9.00. The number of alkyl halides is 3. The minimum absolute atomic E-state index is 0.0163. The van der Waals surface area contributed by atoms with E-state index in [9.17, 15) is 21.6 Å². The molecule has 0 fully saturated rings. The molecule has 0 saturated carbocycles. The van der Waals surface area contributed by atoms with E-state index in [0.29, 0.717) is 24.1 Å². The first kappa shape index (κ1) is 22.3. The number of hydrogen-bond donors (Lipinski definition) is 1. The number of fused-ring (bicyclic) bond motifs is 1. The Labute approximate surface area is 176 Å². The van der Waals surface area contributed by atoms with Crippen molar-refractivity contribution in [3.05, 3.63) is 42.2 Å². The smallest absolute Gasteiger partial charge is 0.337 e. The molecule has 3 rings (SSSR count). The van der Waals surface area contributed by atoms with Gasteiger partial charge >= 0.3 is 6.18 Å². The second-order valence-electron chi connectivity index (χ2n) is 6.37. The number of benzene rings is 1. The van der Waals surface area contributed by atoms with Crippen LogP contribution in [0.3, 0.4) is 0 Å². The maximum atomic E-state index is 12.7. The maximum Gasteiger partial charge on any atom is 0.406 e. The topological polar surface area (TPSA) is 83.9 Å². The fourth-order valence-electron chi connectivity index (χ4n) is 2.94. The average Bonchev–Trinajstić information content (AvgIpc) is 3.27. The molecule has 0 aliphatic carbocycles. The fourth-order valence-corrected chi connectivity index (χ4v) is 4.62. The van der Waals surface area contributed by atoms with Gasteiger partial charge in [-0.25, -0.2) is 18.4 Å². The van der Waals surface area contributed by atoms with E-state index in [-0.39, 0.29) is 21.6 Å². The summed E-state index contributed by atoms with van der Waals surface area (Å²) in [5.74, 6) is 0.202. The first-order chi connectivity index (χ1) is 14.0. The van der Waals surface area contributed by atoms with Gasteiger partial charge in [0.25, 0.3) is 0 Å². The molecule has 0 aliphatic rings. The summed E-state index contributed by atoms with van der Waals surface area (Å²) in [7, 11) is -3.65. The van der Waals surface area contributed by atoms with Crippen LogP contribution in [0.4, 0.5) is 13.2 Å². The van der Waals surface area contributed by atoms with Gasteiger partial charge in [0.05, 0.1) is 21.0 Å². The molecule has 0 bridgehead atoms. The van der Waals surface area contributed by atoms with Crippen LogP contribution in [0.15, 0.2) is 35.5 Å². The van der Waals surface area contributed by atoms with E-state index < -0.39 is 22.7 Å². The zero-order valence-electron chi connectivity index (χ0n) is 16.1. The molecule has 0 saturated heterocycles. The molecule has 0 spiro atoms. The van der Waals surface area contributed by atoms with Gasteiger partial charge in [0.1, 0.15) is 18.2 Å². The third-order valence-corrected chi connectivity index (χ3v) is 6.71. The van der Waals surface area contributed by atoms with E-state index in [0.717, 1.165) is 4.57 Å². The van der Waals surface area contributed by atoms with E-state index >= 15 is 0 Å². The number of rotatable bonds is 7. The number of imidazole rings is 2. The van der Waals surface area contributed by atoms with E-state index in [1.165, 1.54) is 34.9 Å². The maximum absolute atomic E-state index is 12.7. The largest absolute Gasteiger partial charge is 0.406 e. The number of sulfonamides is 1. The van der Waals surface area contributed by atoms with Crippen LogP contribution in [-0.2, 0) is 16.6 Å². The van der Waals surface area contributed by atoms with E-state index in [2.05, 4.69) is 15.0 Å². The monoisotopic (exact) mass is 461 g/mol. The molecule has 0 unspecified atom stereocenters. The van der Waals surface area contributed by atoms with Crippen molar-refractivity contribution in [3.8, 4) is 0 Å². The van der Waals surface area contributed by atoms with Crippen molar-refractivity contribution in [1.82, 2.24) is 23.8 Å². The Hall–Kier alpha value is -2.37. The zero-order valence-corrected chi connectivity index (χ0v) is 17.7. The van der Waals surface area contributed by atoms with E-state index in [4.69, 9.17) is 11.6 Å². The van der Waals surface area contributed by atoms with Crippen molar-refractivity contribution in [2.45, 2.75) is 31.5 Å². The lowest BCUT2D eigenvalue weighted by atomic mass is 10.3. The molecule has 0 aliphatic heterocycles. The lowest BCUT2D eigenvalue weighted by Gasteiger charge is -2.18. The molecule has 1 aromatic carbocycles. The minimum Gasteiger partial charge on any atom is -0.337 e. The van der Waals surface area contributed by atoms with Crippen LogP contribution >= 0.6 is 11.6 Å². The molecule has 3 aromatic rings. The lowest BCUT2D eigenvalue weighted by molar-refractivity contribution is -0.140. The highest BCUT2D eigenvalue weighted by molar-refractivity contribution is 7.89. The lowest BCUT2D eigenvalue weighted by Crippen LogP contribution is -2.30. The van der Waals surface area contributed by atoms with Gasteiger partial charge in [-0.2, -0.15) is 17.5 Å². The highest BCUT2D eigenvalue weighted by atomic mass is 35.5. The Balaban J connectivity index is 1.95. The summed E-state index contributed by atoms with van der Waals surface area (Å²) >= 11 is 6.24. The number of nitrogens with zero attached hydrogens (tertiary/aromatic N) is 4. The summed E-state index contributed by atoms with van der Waals surface area (Å²) in [6.45, 7) is 2.98. The molecular weight excluding hydrogens is 443 g/mol. The second kappa shape index (κ2) is 8.40. The SMILES string of the molecule is CCN(CC)S(=O)(=O)c1ccc2nc(/C(Cl)=C/c3nccn3CC(F)(F)F)[nH]c2c1. The predicted molar refractivity (Wildman–Crippen MR) is 108 cm³/mol. The fraction of sp³-hybridized carbons (Fsp3) is 0.333. The van der Waals surface area contributed by atoms with Crippen LogP contribution < -0.4 is 0 Å². The number of halogens is 4. The van der Waals surface area contributed by atoms with Gasteiger partial charge in [-0.05, 0) is 18.2 Å². The standard InChI is InChI=1S/C18H19ClF3N5O2S/c1-3-27(4-2)30(28,29)12-5-6-14-15(9-12)25-17(24-14)13(19)10-16-23-7-8-26(16)11-18(20,21)22/h5-10H,3-4,11H2,1-2H3,(H,24,25)/b13-10-. The number of aromatic amines is 1. The van der Waals surface area contributed by atoms with Crippen LogP contribution in [0.5, 0.6) is 0 Å². The van der Waals surface area contributed by atoms with Gasteiger partial charge in [-0.15, -0.1) is 0 Å². The molecule has 7 nitrogen and oxygen atoms in total. The number of nitrogens with one attached hydrogen (secondary N) is 1. The zero-order chi connectivity index (χ0) is 22.1. The van der Waals surface area contributed by atoms with Crippen LogP contribution in [0.1, 0.15) is 25.5 Å². The minimum atomic E-state index is -4.40. The molecule has 2 aromatic heterocycles. The van der Waals surface area contributed by atoms with Gasteiger partial charge in [-0.1, -0.05) is 25.4 Å².